The first-order chi connectivity index (χ1) is 13.3. The van der Waals surface area contributed by atoms with Gasteiger partial charge in [0, 0.05) is 17.4 Å². The van der Waals surface area contributed by atoms with Crippen LogP contribution < -0.4 is 0 Å². The van der Waals surface area contributed by atoms with Crippen molar-refractivity contribution in [1.82, 2.24) is 4.90 Å². The third-order valence-corrected chi connectivity index (χ3v) is 6.57. The molecule has 2 unspecified atom stereocenters. The number of carbonyl (C=O) groups excluding carboxylic acids is 3. The molecule has 1 saturated carbocycles. The molecular weight excluding hydrogens is 374 g/mol. The molecule has 0 N–H and O–H groups in total. The van der Waals surface area contributed by atoms with Crippen molar-refractivity contribution in [3.05, 3.63) is 35.9 Å². The second-order valence-corrected chi connectivity index (χ2v) is 9.78. The molecule has 0 radical (unpaired) electrons. The van der Waals surface area contributed by atoms with Crippen molar-refractivity contribution in [3.63, 3.8) is 0 Å². The van der Waals surface area contributed by atoms with Gasteiger partial charge in [-0.25, -0.2) is 4.79 Å². The highest BCUT2D eigenvalue weighted by atomic mass is 32.2. The number of carbonyl (C=O) groups is 3. The molecule has 5 nitrogen and oxygen atoms in total. The number of benzene rings is 1. The summed E-state index contributed by atoms with van der Waals surface area (Å²) in [4.78, 5) is 40.1. The van der Waals surface area contributed by atoms with Crippen LogP contribution in [-0.2, 0) is 14.3 Å². The molecule has 1 aromatic rings. The van der Waals surface area contributed by atoms with Gasteiger partial charge in [0.25, 0.3) is 0 Å². The molecule has 1 aliphatic carbocycles. The average Bonchev–Trinajstić information content (AvgIpc) is 3.30. The summed E-state index contributed by atoms with van der Waals surface area (Å²) in [7, 11) is 0. The van der Waals surface area contributed by atoms with Gasteiger partial charge in [0.2, 0.25) is 11.0 Å². The summed E-state index contributed by atoms with van der Waals surface area (Å²) in [5.41, 5.74) is 0.0980. The Hall–Kier alpha value is -1.82. The second-order valence-electron chi connectivity index (χ2n) is 8.57. The van der Waals surface area contributed by atoms with E-state index >= 15 is 0 Å². The third kappa shape index (κ3) is 4.96. The summed E-state index contributed by atoms with van der Waals surface area (Å²) < 4.78 is 5.52. The molecule has 6 heteroatoms. The van der Waals surface area contributed by atoms with Crippen LogP contribution in [0.15, 0.2) is 30.3 Å². The van der Waals surface area contributed by atoms with E-state index in [2.05, 4.69) is 0 Å². The minimum absolute atomic E-state index is 0.00391. The highest BCUT2D eigenvalue weighted by Crippen LogP contribution is 2.39. The van der Waals surface area contributed by atoms with E-state index in [1.165, 1.54) is 11.8 Å². The number of hydrogen-bond donors (Lipinski definition) is 0. The standard InChI is InChI=1S/C22H29NO4S/c1-22(2,3)27-20(25)17-12-8-14-23(17)19(24)16-11-7-13-18(16)28-21(26)15-9-5-4-6-10-15/h4-6,9-10,16-18H,7-8,11-14H2,1-3H3/t16?,17-,18?/m0/s1. The number of amides is 1. The molecule has 28 heavy (non-hydrogen) atoms. The maximum Gasteiger partial charge on any atom is 0.329 e. The van der Waals surface area contributed by atoms with E-state index in [1.54, 1.807) is 17.0 Å². The molecule has 1 aromatic carbocycles. The van der Waals surface area contributed by atoms with Crippen LogP contribution >= 0.6 is 11.8 Å². The number of esters is 1. The third-order valence-electron chi connectivity index (χ3n) is 5.25. The molecule has 152 valence electrons. The zero-order valence-corrected chi connectivity index (χ0v) is 17.7. The van der Waals surface area contributed by atoms with Gasteiger partial charge >= 0.3 is 5.97 Å². The van der Waals surface area contributed by atoms with Crippen LogP contribution in [-0.4, -0.2) is 45.3 Å². The molecule has 1 aliphatic heterocycles. The van der Waals surface area contributed by atoms with Crippen LogP contribution in [0.25, 0.3) is 0 Å². The van der Waals surface area contributed by atoms with Gasteiger partial charge in [0.15, 0.2) is 0 Å². The van der Waals surface area contributed by atoms with Crippen LogP contribution in [0.5, 0.6) is 0 Å². The van der Waals surface area contributed by atoms with Gasteiger partial charge in [-0.3, -0.25) is 9.59 Å². The zero-order valence-electron chi connectivity index (χ0n) is 16.8. The monoisotopic (exact) mass is 403 g/mol. The van der Waals surface area contributed by atoms with E-state index in [0.717, 1.165) is 25.7 Å². The first-order valence-electron chi connectivity index (χ1n) is 10.1. The zero-order chi connectivity index (χ0) is 20.3. The molecule has 1 amide bonds. The number of rotatable bonds is 4. The van der Waals surface area contributed by atoms with Gasteiger partial charge in [0.1, 0.15) is 11.6 Å². The summed E-state index contributed by atoms with van der Waals surface area (Å²) in [5.74, 6) is -0.522. The highest BCUT2D eigenvalue weighted by Gasteiger charge is 2.43. The quantitative estimate of drug-likeness (QED) is 0.710. The van der Waals surface area contributed by atoms with Crippen molar-refractivity contribution in [2.24, 2.45) is 5.92 Å². The normalized spacial score (nSPS) is 25.0. The first-order valence-corrected chi connectivity index (χ1v) is 10.9. The summed E-state index contributed by atoms with van der Waals surface area (Å²) in [5, 5.41) is -0.0180. The fraction of sp³-hybridized carbons (Fsp3) is 0.591. The molecule has 1 heterocycles. The highest BCUT2D eigenvalue weighted by molar-refractivity contribution is 8.14. The van der Waals surface area contributed by atoms with Crippen molar-refractivity contribution in [2.45, 2.75) is 69.8 Å². The van der Waals surface area contributed by atoms with Gasteiger partial charge in [0.05, 0.1) is 5.92 Å². The van der Waals surface area contributed by atoms with E-state index in [9.17, 15) is 14.4 Å². The molecule has 0 aromatic heterocycles. The van der Waals surface area contributed by atoms with Crippen LogP contribution in [0.2, 0.25) is 0 Å². The van der Waals surface area contributed by atoms with E-state index in [1.807, 2.05) is 39.0 Å². The maximum atomic E-state index is 13.2. The number of nitrogens with zero attached hydrogens (tertiary/aromatic N) is 1. The van der Waals surface area contributed by atoms with Gasteiger partial charge < -0.3 is 9.64 Å². The molecule has 0 spiro atoms. The topological polar surface area (TPSA) is 63.7 Å². The van der Waals surface area contributed by atoms with Crippen LogP contribution in [0.4, 0.5) is 0 Å². The number of thioether (sulfide) groups is 1. The Bertz CT molecular complexity index is 728. The van der Waals surface area contributed by atoms with E-state index < -0.39 is 11.6 Å². The lowest BCUT2D eigenvalue weighted by molar-refractivity contribution is -0.163. The van der Waals surface area contributed by atoms with Crippen LogP contribution in [0, 0.1) is 5.92 Å². The lowest BCUT2D eigenvalue weighted by atomic mass is 10.1. The Morgan fingerprint density at radius 3 is 2.43 bits per heavy atom. The van der Waals surface area contributed by atoms with Crippen molar-refractivity contribution < 1.29 is 19.1 Å². The number of likely N-dealkylation sites (tertiary alicyclic amines) is 1. The lowest BCUT2D eigenvalue weighted by Crippen LogP contribution is -2.46. The molecule has 3 atom stereocenters. The predicted molar refractivity (Wildman–Crippen MR) is 110 cm³/mol. The van der Waals surface area contributed by atoms with Gasteiger partial charge in [-0.2, -0.15) is 0 Å². The predicted octanol–water partition coefficient (Wildman–Crippen LogP) is 4.06. The van der Waals surface area contributed by atoms with Crippen molar-refractivity contribution >= 4 is 28.8 Å². The fourth-order valence-corrected chi connectivity index (χ4v) is 5.24. The molecular formula is C22H29NO4S. The Kier molecular flexibility index (Phi) is 6.48. The lowest BCUT2D eigenvalue weighted by Gasteiger charge is -2.30. The first kappa shape index (κ1) is 20.9. The fourth-order valence-electron chi connectivity index (χ4n) is 3.99. The van der Waals surface area contributed by atoms with Crippen molar-refractivity contribution in [2.75, 3.05) is 6.54 Å². The minimum atomic E-state index is -0.567. The summed E-state index contributed by atoms with van der Waals surface area (Å²) >= 11 is 1.27. The van der Waals surface area contributed by atoms with Gasteiger partial charge in [-0.1, -0.05) is 48.5 Å². The van der Waals surface area contributed by atoms with Crippen LogP contribution in [0.3, 0.4) is 0 Å². The smallest absolute Gasteiger partial charge is 0.329 e. The van der Waals surface area contributed by atoms with Gasteiger partial charge in [-0.05, 0) is 46.5 Å². The van der Waals surface area contributed by atoms with Crippen molar-refractivity contribution in [3.8, 4) is 0 Å². The Morgan fingerprint density at radius 2 is 1.75 bits per heavy atom. The van der Waals surface area contributed by atoms with E-state index in [-0.39, 0.29) is 28.2 Å². The molecule has 2 aliphatic rings. The molecule has 3 rings (SSSR count). The summed E-state index contributed by atoms with van der Waals surface area (Å²) in [6.45, 7) is 6.10. The van der Waals surface area contributed by atoms with Crippen molar-refractivity contribution in [1.29, 1.82) is 0 Å². The Morgan fingerprint density at radius 1 is 1.04 bits per heavy atom. The molecule has 1 saturated heterocycles. The van der Waals surface area contributed by atoms with Crippen LogP contribution in [0.1, 0.15) is 63.2 Å². The Labute approximate surface area is 171 Å². The second kappa shape index (κ2) is 8.68. The average molecular weight is 404 g/mol. The van der Waals surface area contributed by atoms with E-state index in [0.29, 0.717) is 18.5 Å². The number of ether oxygens (including phenoxy) is 1. The van der Waals surface area contributed by atoms with E-state index in [4.69, 9.17) is 4.74 Å². The molecule has 2 fully saturated rings. The maximum absolute atomic E-state index is 13.2. The number of hydrogen-bond acceptors (Lipinski definition) is 5. The molecule has 0 bridgehead atoms. The largest absolute Gasteiger partial charge is 0.458 e. The summed E-state index contributed by atoms with van der Waals surface area (Å²) in [6, 6.07) is 8.69. The minimum Gasteiger partial charge on any atom is -0.458 e. The van der Waals surface area contributed by atoms with Gasteiger partial charge in [-0.15, -0.1) is 0 Å². The summed E-state index contributed by atoms with van der Waals surface area (Å²) in [6.07, 6.45) is 4.01. The SMILES string of the molecule is CC(C)(C)OC(=O)[C@@H]1CCCN1C(=O)C1CCCC1SC(=O)c1ccccc1. The Balaban J connectivity index is 1.66.